The Labute approximate surface area is 81.4 Å². The summed E-state index contributed by atoms with van der Waals surface area (Å²) in [4.78, 5) is 0. The molecule has 1 aliphatic rings. The van der Waals surface area contributed by atoms with Crippen molar-refractivity contribution in [2.24, 2.45) is 0 Å². The molecule has 0 saturated carbocycles. The molecule has 0 aliphatic heterocycles. The van der Waals surface area contributed by atoms with E-state index in [1.165, 1.54) is 0 Å². The standard InChI is InChI=1S/C10H8ClNO/c11-9-3-1-2-6-7(9)4-10(13)8(6)5-12/h1-3,8,10,13H,4H2. The Hall–Kier alpha value is -1.04. The number of nitriles is 1. The van der Waals surface area contributed by atoms with Gasteiger partial charge in [-0.25, -0.2) is 0 Å². The third-order valence-corrected chi connectivity index (χ3v) is 2.78. The summed E-state index contributed by atoms with van der Waals surface area (Å²) in [7, 11) is 0. The number of halogens is 1. The van der Waals surface area contributed by atoms with E-state index in [2.05, 4.69) is 6.07 Å². The Kier molecular flexibility index (Phi) is 1.99. The van der Waals surface area contributed by atoms with E-state index in [1.807, 2.05) is 12.1 Å². The molecule has 0 saturated heterocycles. The van der Waals surface area contributed by atoms with Crippen molar-refractivity contribution < 1.29 is 5.11 Å². The lowest BCUT2D eigenvalue weighted by Gasteiger charge is -2.04. The van der Waals surface area contributed by atoms with Gasteiger partial charge >= 0.3 is 0 Å². The molecule has 0 bridgehead atoms. The summed E-state index contributed by atoms with van der Waals surface area (Å²) in [6, 6.07) is 7.53. The fraction of sp³-hybridized carbons (Fsp3) is 0.300. The Morgan fingerprint density at radius 1 is 1.54 bits per heavy atom. The molecular formula is C10H8ClNO. The van der Waals surface area contributed by atoms with Gasteiger partial charge in [-0.05, 0) is 17.2 Å². The predicted molar refractivity (Wildman–Crippen MR) is 49.5 cm³/mol. The highest BCUT2D eigenvalue weighted by atomic mass is 35.5. The van der Waals surface area contributed by atoms with Crippen molar-refractivity contribution in [1.82, 2.24) is 0 Å². The molecular weight excluding hydrogens is 186 g/mol. The van der Waals surface area contributed by atoms with Gasteiger partial charge in [-0.1, -0.05) is 23.7 Å². The number of nitrogens with zero attached hydrogens (tertiary/aromatic N) is 1. The third-order valence-electron chi connectivity index (χ3n) is 2.43. The Morgan fingerprint density at radius 3 is 3.00 bits per heavy atom. The fourth-order valence-corrected chi connectivity index (χ4v) is 2.03. The largest absolute Gasteiger partial charge is 0.391 e. The molecule has 1 aliphatic carbocycles. The van der Waals surface area contributed by atoms with Crippen LogP contribution in [0.2, 0.25) is 5.02 Å². The minimum atomic E-state index is -0.597. The Bertz CT molecular complexity index is 383. The average molecular weight is 194 g/mol. The van der Waals surface area contributed by atoms with E-state index in [-0.39, 0.29) is 0 Å². The number of fused-ring (bicyclic) bond motifs is 1. The topological polar surface area (TPSA) is 44.0 Å². The second-order valence-electron chi connectivity index (χ2n) is 3.19. The summed E-state index contributed by atoms with van der Waals surface area (Å²) in [6.45, 7) is 0. The molecule has 0 aromatic heterocycles. The molecule has 0 radical (unpaired) electrons. The number of aliphatic hydroxyl groups is 1. The zero-order valence-corrected chi connectivity index (χ0v) is 7.62. The van der Waals surface area contributed by atoms with Crippen LogP contribution in [0.1, 0.15) is 17.0 Å². The number of hydrogen-bond donors (Lipinski definition) is 1. The summed E-state index contributed by atoms with van der Waals surface area (Å²) in [5.41, 5.74) is 1.80. The van der Waals surface area contributed by atoms with Gasteiger partial charge in [0.15, 0.2) is 0 Å². The van der Waals surface area contributed by atoms with Gasteiger partial charge in [0, 0.05) is 11.4 Å². The summed E-state index contributed by atoms with van der Waals surface area (Å²) in [6.07, 6.45) is -0.104. The lowest BCUT2D eigenvalue weighted by molar-refractivity contribution is 0.174. The highest BCUT2D eigenvalue weighted by Crippen LogP contribution is 2.36. The number of rotatable bonds is 0. The summed E-state index contributed by atoms with van der Waals surface area (Å²) in [5.74, 6) is -0.409. The van der Waals surface area contributed by atoms with Gasteiger partial charge in [-0.3, -0.25) is 0 Å². The second-order valence-corrected chi connectivity index (χ2v) is 3.59. The second kappa shape index (κ2) is 3.02. The van der Waals surface area contributed by atoms with Crippen molar-refractivity contribution in [1.29, 1.82) is 5.26 Å². The molecule has 2 atom stereocenters. The smallest absolute Gasteiger partial charge is 0.0978 e. The van der Waals surface area contributed by atoms with Gasteiger partial charge in [-0.15, -0.1) is 0 Å². The zero-order valence-electron chi connectivity index (χ0n) is 6.87. The van der Waals surface area contributed by atoms with Crippen molar-refractivity contribution >= 4 is 11.6 Å². The molecule has 2 nitrogen and oxygen atoms in total. The van der Waals surface area contributed by atoms with Crippen LogP contribution in [0.3, 0.4) is 0 Å². The van der Waals surface area contributed by atoms with Crippen LogP contribution in [0.25, 0.3) is 0 Å². The van der Waals surface area contributed by atoms with E-state index in [1.54, 1.807) is 6.07 Å². The van der Waals surface area contributed by atoms with Crippen molar-refractivity contribution in [3.63, 3.8) is 0 Å². The molecule has 0 amide bonds. The number of aliphatic hydroxyl groups excluding tert-OH is 1. The average Bonchev–Trinajstić information content (AvgIpc) is 2.43. The Morgan fingerprint density at radius 2 is 2.31 bits per heavy atom. The molecule has 2 unspecified atom stereocenters. The van der Waals surface area contributed by atoms with Crippen LogP contribution >= 0.6 is 11.6 Å². The van der Waals surface area contributed by atoms with Crippen LogP contribution < -0.4 is 0 Å². The molecule has 66 valence electrons. The number of hydrogen-bond acceptors (Lipinski definition) is 2. The molecule has 0 fully saturated rings. The van der Waals surface area contributed by atoms with Crippen LogP contribution in [-0.4, -0.2) is 11.2 Å². The van der Waals surface area contributed by atoms with Gasteiger partial charge in [-0.2, -0.15) is 5.26 Å². The molecule has 1 aromatic rings. The molecule has 1 aromatic carbocycles. The molecule has 1 N–H and O–H groups in total. The van der Waals surface area contributed by atoms with Gasteiger partial charge in [0.2, 0.25) is 0 Å². The van der Waals surface area contributed by atoms with Crippen LogP contribution in [-0.2, 0) is 6.42 Å². The van der Waals surface area contributed by atoms with Crippen molar-refractivity contribution in [3.05, 3.63) is 34.3 Å². The molecule has 13 heavy (non-hydrogen) atoms. The van der Waals surface area contributed by atoms with E-state index in [9.17, 15) is 5.11 Å². The van der Waals surface area contributed by atoms with Crippen molar-refractivity contribution in [2.75, 3.05) is 0 Å². The van der Waals surface area contributed by atoms with Crippen LogP contribution in [0.4, 0.5) is 0 Å². The van der Waals surface area contributed by atoms with Crippen LogP contribution in [0.5, 0.6) is 0 Å². The van der Waals surface area contributed by atoms with E-state index >= 15 is 0 Å². The van der Waals surface area contributed by atoms with Crippen LogP contribution in [0, 0.1) is 11.3 Å². The maximum absolute atomic E-state index is 9.55. The maximum atomic E-state index is 9.55. The molecule has 2 rings (SSSR count). The van der Waals surface area contributed by atoms with Gasteiger partial charge in [0.1, 0.15) is 0 Å². The lowest BCUT2D eigenvalue weighted by Crippen LogP contribution is -2.10. The summed E-state index contributed by atoms with van der Waals surface area (Å²) in [5, 5.41) is 19.0. The van der Waals surface area contributed by atoms with Crippen molar-refractivity contribution in [3.8, 4) is 6.07 Å². The first-order chi connectivity index (χ1) is 6.24. The first kappa shape index (κ1) is 8.55. The van der Waals surface area contributed by atoms with E-state index < -0.39 is 12.0 Å². The number of benzene rings is 1. The summed E-state index contributed by atoms with van der Waals surface area (Å²) < 4.78 is 0. The van der Waals surface area contributed by atoms with Gasteiger partial charge < -0.3 is 5.11 Å². The van der Waals surface area contributed by atoms with E-state index in [0.717, 1.165) is 11.1 Å². The third kappa shape index (κ3) is 1.21. The monoisotopic (exact) mass is 193 g/mol. The normalized spacial score (nSPS) is 25.3. The Balaban J connectivity index is 2.55. The van der Waals surface area contributed by atoms with Gasteiger partial charge in [0.25, 0.3) is 0 Å². The highest BCUT2D eigenvalue weighted by Gasteiger charge is 2.32. The first-order valence-corrected chi connectivity index (χ1v) is 4.47. The minimum absolute atomic E-state index is 0.409. The highest BCUT2D eigenvalue weighted by molar-refractivity contribution is 6.31. The lowest BCUT2D eigenvalue weighted by atomic mass is 10.0. The quantitative estimate of drug-likeness (QED) is 0.684. The fourth-order valence-electron chi connectivity index (χ4n) is 1.77. The van der Waals surface area contributed by atoms with Crippen LogP contribution in [0.15, 0.2) is 18.2 Å². The van der Waals surface area contributed by atoms with E-state index in [0.29, 0.717) is 11.4 Å². The molecule has 0 heterocycles. The SMILES string of the molecule is N#CC1c2cccc(Cl)c2CC1O. The van der Waals surface area contributed by atoms with Crippen molar-refractivity contribution in [2.45, 2.75) is 18.4 Å². The summed E-state index contributed by atoms with van der Waals surface area (Å²) >= 11 is 5.94. The molecule has 3 heteroatoms. The minimum Gasteiger partial charge on any atom is -0.391 e. The zero-order chi connectivity index (χ0) is 9.42. The first-order valence-electron chi connectivity index (χ1n) is 4.09. The van der Waals surface area contributed by atoms with Gasteiger partial charge in [0.05, 0.1) is 18.1 Å². The predicted octanol–water partition coefficient (Wildman–Crippen LogP) is 1.86. The molecule has 0 spiro atoms. The maximum Gasteiger partial charge on any atom is 0.0978 e. The van der Waals surface area contributed by atoms with E-state index in [4.69, 9.17) is 16.9 Å².